The van der Waals surface area contributed by atoms with Gasteiger partial charge in [-0.1, -0.05) is 11.8 Å². The molecule has 0 aromatic rings. The van der Waals surface area contributed by atoms with Gasteiger partial charge < -0.3 is 20.9 Å². The van der Waals surface area contributed by atoms with E-state index in [2.05, 4.69) is 20.9 Å². The Kier molecular flexibility index (Phi) is 6.59. The van der Waals surface area contributed by atoms with E-state index in [0.29, 0.717) is 19.4 Å². The first-order chi connectivity index (χ1) is 8.61. The van der Waals surface area contributed by atoms with Crippen molar-refractivity contribution in [2.24, 2.45) is 0 Å². The average molecular weight is 272 g/mol. The maximum absolute atomic E-state index is 11.6. The molecule has 7 heteroatoms. The van der Waals surface area contributed by atoms with E-state index < -0.39 is 0 Å². The Bertz CT molecular complexity index is 320. The largest absolute Gasteiger partial charge is 0.359 e. The fraction of sp³-hybridized carbons (Fsp3) is 0.636. The lowest BCUT2D eigenvalue weighted by molar-refractivity contribution is -0.120. The Morgan fingerprint density at radius 1 is 1.61 bits per heavy atom. The van der Waals surface area contributed by atoms with Crippen LogP contribution in [0.25, 0.3) is 0 Å². The number of nitrogens with one attached hydrogen (secondary N) is 3. The Morgan fingerprint density at radius 2 is 2.39 bits per heavy atom. The molecule has 0 aromatic heterocycles. The van der Waals surface area contributed by atoms with E-state index >= 15 is 0 Å². The minimum atomic E-state index is -0.154. The van der Waals surface area contributed by atoms with E-state index in [4.69, 9.17) is 0 Å². The van der Waals surface area contributed by atoms with Crippen LogP contribution < -0.4 is 16.0 Å². The third kappa shape index (κ3) is 5.92. The molecule has 3 N–H and O–H groups in total. The Morgan fingerprint density at radius 3 is 3.06 bits per heavy atom. The third-order valence-corrected chi connectivity index (χ3v) is 3.28. The van der Waals surface area contributed by atoms with Crippen LogP contribution >= 0.6 is 11.8 Å². The second-order valence-corrected chi connectivity index (χ2v) is 5.25. The molecule has 1 unspecified atom stereocenters. The molecule has 0 saturated heterocycles. The number of carbonyl (C=O) groups excluding carboxylic acids is 2. The van der Waals surface area contributed by atoms with Crippen molar-refractivity contribution in [3.8, 4) is 0 Å². The number of amides is 2. The number of rotatable bonds is 8. The van der Waals surface area contributed by atoms with Crippen LogP contribution in [0.3, 0.4) is 0 Å². The summed E-state index contributed by atoms with van der Waals surface area (Å²) in [5, 5.41) is 10.4. The van der Waals surface area contributed by atoms with Crippen LogP contribution in [0.1, 0.15) is 12.8 Å². The fourth-order valence-corrected chi connectivity index (χ4v) is 2.29. The summed E-state index contributed by atoms with van der Waals surface area (Å²) in [5.41, 5.74) is 0.684. The van der Waals surface area contributed by atoms with Crippen molar-refractivity contribution in [1.29, 1.82) is 0 Å². The molecule has 2 amide bonds. The number of hydrogen-bond acceptors (Lipinski definition) is 5. The molecular weight excluding hydrogens is 252 g/mol. The highest BCUT2D eigenvalue weighted by Gasteiger charge is 2.17. The predicted molar refractivity (Wildman–Crippen MR) is 72.6 cm³/mol. The lowest BCUT2D eigenvalue weighted by atomic mass is 10.3. The van der Waals surface area contributed by atoms with Gasteiger partial charge in [0.1, 0.15) is 0 Å². The predicted octanol–water partition coefficient (Wildman–Crippen LogP) is -0.348. The fourth-order valence-electron chi connectivity index (χ4n) is 1.48. The van der Waals surface area contributed by atoms with Gasteiger partial charge in [-0.25, -0.2) is 0 Å². The van der Waals surface area contributed by atoms with E-state index in [1.807, 2.05) is 19.5 Å². The molecule has 1 aliphatic heterocycles. The zero-order chi connectivity index (χ0) is 13.4. The highest BCUT2D eigenvalue weighted by Crippen LogP contribution is 2.20. The van der Waals surface area contributed by atoms with Gasteiger partial charge in [-0.2, -0.15) is 0 Å². The van der Waals surface area contributed by atoms with Crippen LogP contribution in [0.2, 0.25) is 0 Å². The highest BCUT2D eigenvalue weighted by atomic mass is 32.2. The zero-order valence-electron chi connectivity index (χ0n) is 10.7. The van der Waals surface area contributed by atoms with Crippen molar-refractivity contribution in [2.75, 3.05) is 27.2 Å². The Balaban J connectivity index is 2.12. The molecule has 0 fully saturated rings. The first-order valence-corrected chi connectivity index (χ1v) is 6.78. The van der Waals surface area contributed by atoms with Gasteiger partial charge in [-0.15, -0.1) is 0 Å². The summed E-state index contributed by atoms with van der Waals surface area (Å²) in [6.45, 7) is 1.65. The van der Waals surface area contributed by atoms with Gasteiger partial charge in [0.25, 0.3) is 0 Å². The van der Waals surface area contributed by atoms with E-state index in [1.54, 1.807) is 0 Å². The molecular formula is C11H20N4O2S. The van der Waals surface area contributed by atoms with Gasteiger partial charge in [-0.05, 0) is 32.5 Å². The average Bonchev–Trinajstić information content (AvgIpc) is 2.72. The molecule has 0 aliphatic carbocycles. The van der Waals surface area contributed by atoms with Crippen molar-refractivity contribution >= 4 is 24.1 Å². The van der Waals surface area contributed by atoms with Crippen LogP contribution in [-0.2, 0) is 9.59 Å². The second kappa shape index (κ2) is 7.99. The number of nitrogens with zero attached hydrogens (tertiary/aromatic N) is 1. The minimum absolute atomic E-state index is 0.000130. The van der Waals surface area contributed by atoms with Gasteiger partial charge in [0.2, 0.25) is 12.3 Å². The minimum Gasteiger partial charge on any atom is -0.359 e. The molecule has 0 spiro atoms. The molecule has 1 aliphatic rings. The molecule has 0 radical (unpaired) electrons. The molecule has 0 aromatic carbocycles. The van der Waals surface area contributed by atoms with E-state index in [-0.39, 0.29) is 11.4 Å². The maximum Gasteiger partial charge on any atom is 0.225 e. The lowest BCUT2D eigenvalue weighted by Gasteiger charge is -2.12. The van der Waals surface area contributed by atoms with Crippen molar-refractivity contribution < 1.29 is 9.59 Å². The van der Waals surface area contributed by atoms with Crippen molar-refractivity contribution in [2.45, 2.75) is 18.3 Å². The molecule has 0 saturated carbocycles. The topological polar surface area (TPSA) is 73.5 Å². The standard InChI is InChI=1S/C11H20N4O2S/c1-15(2)5-3-4-12-10(17)6-9-7-18-11(14-9)13-8-16/h7-8,11,14H,3-6H2,1-2H3,(H,12,17)(H,13,16). The molecule has 1 atom stereocenters. The summed E-state index contributed by atoms with van der Waals surface area (Å²) in [6.07, 6.45) is 1.91. The number of thioether (sulfide) groups is 1. The van der Waals surface area contributed by atoms with Crippen LogP contribution in [0.4, 0.5) is 0 Å². The van der Waals surface area contributed by atoms with Crippen LogP contribution in [0.15, 0.2) is 11.1 Å². The Labute approximate surface area is 112 Å². The van der Waals surface area contributed by atoms with Crippen LogP contribution in [0, 0.1) is 0 Å². The van der Waals surface area contributed by atoms with E-state index in [0.717, 1.165) is 18.7 Å². The number of hydrogen-bond donors (Lipinski definition) is 3. The SMILES string of the molecule is CN(C)CCCNC(=O)CC1=CSC(NC=O)N1. The van der Waals surface area contributed by atoms with Gasteiger partial charge in [-0.3, -0.25) is 9.59 Å². The molecule has 18 heavy (non-hydrogen) atoms. The van der Waals surface area contributed by atoms with Gasteiger partial charge in [0.15, 0.2) is 5.50 Å². The summed E-state index contributed by atoms with van der Waals surface area (Å²) < 4.78 is 0. The van der Waals surface area contributed by atoms with Gasteiger partial charge in [0, 0.05) is 12.2 Å². The van der Waals surface area contributed by atoms with Gasteiger partial charge >= 0.3 is 0 Å². The number of carbonyl (C=O) groups is 2. The lowest BCUT2D eigenvalue weighted by Crippen LogP contribution is -2.36. The van der Waals surface area contributed by atoms with Crippen LogP contribution in [0.5, 0.6) is 0 Å². The van der Waals surface area contributed by atoms with Crippen LogP contribution in [-0.4, -0.2) is 49.9 Å². The smallest absolute Gasteiger partial charge is 0.225 e. The highest BCUT2D eigenvalue weighted by molar-refractivity contribution is 8.02. The van der Waals surface area contributed by atoms with Crippen molar-refractivity contribution in [3.05, 3.63) is 11.1 Å². The first-order valence-electron chi connectivity index (χ1n) is 5.84. The molecule has 1 rings (SSSR count). The summed E-state index contributed by atoms with van der Waals surface area (Å²) >= 11 is 1.45. The molecule has 1 heterocycles. The molecule has 102 valence electrons. The molecule has 0 bridgehead atoms. The zero-order valence-corrected chi connectivity index (χ0v) is 11.5. The summed E-state index contributed by atoms with van der Waals surface area (Å²) in [6, 6.07) is 0. The summed E-state index contributed by atoms with van der Waals surface area (Å²) in [4.78, 5) is 23.9. The normalized spacial score (nSPS) is 18.2. The third-order valence-electron chi connectivity index (χ3n) is 2.34. The summed E-state index contributed by atoms with van der Waals surface area (Å²) in [5.74, 6) is -0.000130. The van der Waals surface area contributed by atoms with E-state index in [9.17, 15) is 9.59 Å². The monoisotopic (exact) mass is 272 g/mol. The first kappa shape index (κ1) is 14.8. The maximum atomic E-state index is 11.6. The Hall–Kier alpha value is -1.21. The van der Waals surface area contributed by atoms with Crippen molar-refractivity contribution in [3.63, 3.8) is 0 Å². The van der Waals surface area contributed by atoms with Gasteiger partial charge in [0.05, 0.1) is 6.42 Å². The quantitative estimate of drug-likeness (QED) is 0.416. The second-order valence-electron chi connectivity index (χ2n) is 4.27. The van der Waals surface area contributed by atoms with Crippen molar-refractivity contribution in [1.82, 2.24) is 20.9 Å². The summed E-state index contributed by atoms with van der Waals surface area (Å²) in [7, 11) is 4.01. The van der Waals surface area contributed by atoms with E-state index in [1.165, 1.54) is 11.8 Å². The molecule has 6 nitrogen and oxygen atoms in total.